The Hall–Kier alpha value is -1.87. The number of ketones is 1. The highest BCUT2D eigenvalue weighted by Crippen LogP contribution is 2.21. The number of halogens is 2. The summed E-state index contributed by atoms with van der Waals surface area (Å²) in [5, 5.41) is 0.514. The lowest BCUT2D eigenvalue weighted by atomic mass is 9.99. The second-order valence-electron chi connectivity index (χ2n) is 4.53. The highest BCUT2D eigenvalue weighted by Gasteiger charge is 2.12. The van der Waals surface area contributed by atoms with Crippen molar-refractivity contribution in [2.45, 2.75) is 13.3 Å². The van der Waals surface area contributed by atoms with E-state index in [2.05, 4.69) is 0 Å². The summed E-state index contributed by atoms with van der Waals surface area (Å²) < 4.78 is 18.4. The van der Waals surface area contributed by atoms with Gasteiger partial charge >= 0.3 is 0 Å². The molecule has 0 saturated carbocycles. The molecule has 0 spiro atoms. The summed E-state index contributed by atoms with van der Waals surface area (Å²) in [4.78, 5) is 12.2. The van der Waals surface area contributed by atoms with E-state index in [1.165, 1.54) is 19.2 Å². The van der Waals surface area contributed by atoms with E-state index in [4.69, 9.17) is 16.3 Å². The van der Waals surface area contributed by atoms with Gasteiger partial charge in [-0.25, -0.2) is 4.39 Å². The summed E-state index contributed by atoms with van der Waals surface area (Å²) in [6.07, 6.45) is 0.127. The number of ether oxygens (including phenoxy) is 1. The van der Waals surface area contributed by atoms with Crippen LogP contribution >= 0.6 is 11.6 Å². The molecule has 0 unspecified atom stereocenters. The molecule has 0 radical (unpaired) electrons. The Kier molecular flexibility index (Phi) is 4.40. The van der Waals surface area contributed by atoms with Gasteiger partial charge in [0, 0.05) is 17.0 Å². The highest BCUT2D eigenvalue weighted by molar-refractivity contribution is 6.31. The molecule has 2 aromatic rings. The lowest BCUT2D eigenvalue weighted by Crippen LogP contribution is -2.06. The molecule has 2 rings (SSSR count). The van der Waals surface area contributed by atoms with Gasteiger partial charge in [0.05, 0.1) is 7.11 Å². The smallest absolute Gasteiger partial charge is 0.167 e. The van der Waals surface area contributed by atoms with Crippen LogP contribution in [-0.2, 0) is 6.42 Å². The molecule has 4 heteroatoms. The minimum atomic E-state index is -0.472. The van der Waals surface area contributed by atoms with Gasteiger partial charge in [-0.1, -0.05) is 23.7 Å². The first-order chi connectivity index (χ1) is 9.51. The first-order valence-corrected chi connectivity index (χ1v) is 6.51. The van der Waals surface area contributed by atoms with E-state index in [9.17, 15) is 9.18 Å². The van der Waals surface area contributed by atoms with Crippen molar-refractivity contribution in [3.8, 4) is 5.75 Å². The molecule has 0 aromatic heterocycles. The van der Waals surface area contributed by atoms with Gasteiger partial charge in [0.2, 0.25) is 0 Å². The Bertz CT molecular complexity index is 653. The third-order valence-electron chi connectivity index (χ3n) is 3.08. The summed E-state index contributed by atoms with van der Waals surface area (Å²) in [6.45, 7) is 1.85. The summed E-state index contributed by atoms with van der Waals surface area (Å²) in [5.41, 5.74) is 2.02. The van der Waals surface area contributed by atoms with Crippen molar-refractivity contribution in [3.05, 3.63) is 63.9 Å². The van der Waals surface area contributed by atoms with Crippen molar-refractivity contribution >= 4 is 17.4 Å². The molecule has 104 valence electrons. The van der Waals surface area contributed by atoms with E-state index in [0.29, 0.717) is 16.1 Å². The van der Waals surface area contributed by atoms with Crippen LogP contribution in [0.3, 0.4) is 0 Å². The number of hydrogen-bond donors (Lipinski definition) is 0. The molecule has 0 bridgehead atoms. The van der Waals surface area contributed by atoms with Crippen LogP contribution in [0.2, 0.25) is 5.02 Å². The zero-order valence-electron chi connectivity index (χ0n) is 11.2. The molecule has 0 amide bonds. The molecular weight excluding hydrogens is 279 g/mol. The number of Topliss-reactive ketones (excluding diaryl/α,β-unsaturated/α-hetero) is 1. The molecule has 0 aliphatic heterocycles. The fourth-order valence-electron chi connectivity index (χ4n) is 2.00. The Balaban J connectivity index is 2.23. The fourth-order valence-corrected chi connectivity index (χ4v) is 2.17. The van der Waals surface area contributed by atoms with Crippen LogP contribution in [0, 0.1) is 12.7 Å². The second-order valence-corrected chi connectivity index (χ2v) is 4.96. The zero-order valence-corrected chi connectivity index (χ0v) is 12.0. The third-order valence-corrected chi connectivity index (χ3v) is 3.32. The van der Waals surface area contributed by atoms with Crippen LogP contribution in [0.25, 0.3) is 0 Å². The maximum absolute atomic E-state index is 13.6. The lowest BCUT2D eigenvalue weighted by Gasteiger charge is -2.07. The lowest BCUT2D eigenvalue weighted by molar-refractivity contribution is 0.0992. The van der Waals surface area contributed by atoms with Gasteiger partial charge in [0.15, 0.2) is 17.3 Å². The molecule has 0 heterocycles. The molecule has 0 N–H and O–H groups in total. The molecule has 0 aliphatic rings. The average Bonchev–Trinajstić information content (AvgIpc) is 2.41. The van der Waals surface area contributed by atoms with Crippen LogP contribution in [-0.4, -0.2) is 12.9 Å². The monoisotopic (exact) mass is 292 g/mol. The van der Waals surface area contributed by atoms with Crippen molar-refractivity contribution in [1.29, 1.82) is 0 Å². The zero-order chi connectivity index (χ0) is 14.7. The molecule has 0 atom stereocenters. The predicted octanol–water partition coefficient (Wildman–Crippen LogP) is 4.22. The summed E-state index contributed by atoms with van der Waals surface area (Å²) in [6, 6.07) is 9.68. The maximum Gasteiger partial charge on any atom is 0.167 e. The Labute approximate surface area is 122 Å². The average molecular weight is 293 g/mol. The van der Waals surface area contributed by atoms with Crippen molar-refractivity contribution < 1.29 is 13.9 Å². The van der Waals surface area contributed by atoms with Crippen molar-refractivity contribution in [2.24, 2.45) is 0 Å². The first kappa shape index (κ1) is 14.5. The van der Waals surface area contributed by atoms with E-state index in [0.717, 1.165) is 5.56 Å². The number of aryl methyl sites for hydroxylation is 1. The van der Waals surface area contributed by atoms with Crippen molar-refractivity contribution in [2.75, 3.05) is 7.11 Å². The number of methoxy groups -OCH3 is 1. The van der Waals surface area contributed by atoms with Crippen LogP contribution in [0.4, 0.5) is 4.39 Å². The van der Waals surface area contributed by atoms with Gasteiger partial charge in [-0.15, -0.1) is 0 Å². The van der Waals surface area contributed by atoms with Gasteiger partial charge in [-0.3, -0.25) is 4.79 Å². The Morgan fingerprint density at radius 1 is 1.25 bits per heavy atom. The third kappa shape index (κ3) is 3.17. The van der Waals surface area contributed by atoms with E-state index in [-0.39, 0.29) is 18.0 Å². The quantitative estimate of drug-likeness (QED) is 0.789. The summed E-state index contributed by atoms with van der Waals surface area (Å²) >= 11 is 5.90. The van der Waals surface area contributed by atoms with Gasteiger partial charge in [0.25, 0.3) is 0 Å². The Morgan fingerprint density at radius 2 is 2.00 bits per heavy atom. The number of carbonyl (C=O) groups excluding carboxylic acids is 1. The van der Waals surface area contributed by atoms with Crippen LogP contribution in [0.15, 0.2) is 36.4 Å². The summed E-state index contributed by atoms with van der Waals surface area (Å²) in [5.74, 6) is -0.393. The van der Waals surface area contributed by atoms with Gasteiger partial charge in [-0.05, 0) is 42.3 Å². The normalized spacial score (nSPS) is 10.4. The maximum atomic E-state index is 13.6. The topological polar surface area (TPSA) is 26.3 Å². The van der Waals surface area contributed by atoms with Crippen molar-refractivity contribution in [1.82, 2.24) is 0 Å². The molecule has 20 heavy (non-hydrogen) atoms. The second kappa shape index (κ2) is 6.06. The first-order valence-electron chi connectivity index (χ1n) is 6.13. The number of carbonyl (C=O) groups is 1. The fraction of sp³-hybridized carbons (Fsp3) is 0.188. The van der Waals surface area contributed by atoms with E-state index < -0.39 is 5.82 Å². The largest absolute Gasteiger partial charge is 0.494 e. The molecular formula is C16H14ClFO2. The molecule has 2 aromatic carbocycles. The van der Waals surface area contributed by atoms with Crippen LogP contribution in [0.5, 0.6) is 5.75 Å². The SMILES string of the molecule is COc1ccc(CC(=O)c2cc(Cl)ccc2C)cc1F. The van der Waals surface area contributed by atoms with Gasteiger partial charge < -0.3 is 4.74 Å². The standard InChI is InChI=1S/C16H14ClFO2/c1-10-3-5-12(17)9-13(10)15(19)8-11-4-6-16(20-2)14(18)7-11/h3-7,9H,8H2,1-2H3. The van der Waals surface area contributed by atoms with Crippen molar-refractivity contribution in [3.63, 3.8) is 0 Å². The van der Waals surface area contributed by atoms with Gasteiger partial charge in [0.1, 0.15) is 0 Å². The predicted molar refractivity (Wildman–Crippen MR) is 77.2 cm³/mol. The number of benzene rings is 2. The Morgan fingerprint density at radius 3 is 2.65 bits per heavy atom. The number of rotatable bonds is 4. The molecule has 0 fully saturated rings. The molecule has 0 aliphatic carbocycles. The molecule has 2 nitrogen and oxygen atoms in total. The minimum Gasteiger partial charge on any atom is -0.494 e. The highest BCUT2D eigenvalue weighted by atomic mass is 35.5. The summed E-state index contributed by atoms with van der Waals surface area (Å²) in [7, 11) is 1.40. The number of hydrogen-bond acceptors (Lipinski definition) is 2. The van der Waals surface area contributed by atoms with E-state index in [1.807, 2.05) is 6.92 Å². The van der Waals surface area contributed by atoms with Crippen LogP contribution in [0.1, 0.15) is 21.5 Å². The van der Waals surface area contributed by atoms with Crippen LogP contribution < -0.4 is 4.74 Å². The van der Waals surface area contributed by atoms with E-state index >= 15 is 0 Å². The van der Waals surface area contributed by atoms with E-state index in [1.54, 1.807) is 24.3 Å². The molecule has 0 saturated heterocycles. The minimum absolute atomic E-state index is 0.0884. The van der Waals surface area contributed by atoms with Gasteiger partial charge in [-0.2, -0.15) is 0 Å².